The second-order valence-corrected chi connectivity index (χ2v) is 8.22. The van der Waals surface area contributed by atoms with Gasteiger partial charge in [-0.05, 0) is 55.9 Å². The molecular weight excluding hydrogens is 340 g/mol. The Morgan fingerprint density at radius 2 is 1.85 bits per heavy atom. The molecule has 1 N–H and O–H groups in total. The molecule has 1 amide bonds. The van der Waals surface area contributed by atoms with Gasteiger partial charge in [0.1, 0.15) is 18.0 Å². The summed E-state index contributed by atoms with van der Waals surface area (Å²) in [5.74, 6) is 2.24. The summed E-state index contributed by atoms with van der Waals surface area (Å²) in [5, 5.41) is 2.94. The number of piperidine rings is 1. The number of carbonyl (C=O) groups excluding carboxylic acids is 1. The highest BCUT2D eigenvalue weighted by Gasteiger charge is 2.32. The minimum absolute atomic E-state index is 0.117. The molecule has 1 saturated heterocycles. The van der Waals surface area contributed by atoms with Gasteiger partial charge in [-0.25, -0.2) is 0 Å². The normalized spacial score (nSPS) is 22.9. The fraction of sp³-hybridized carbons (Fsp3) is 0.682. The zero-order valence-corrected chi connectivity index (χ0v) is 17.6. The van der Waals surface area contributed by atoms with Crippen LogP contribution in [0.15, 0.2) is 24.3 Å². The van der Waals surface area contributed by atoms with Crippen LogP contribution in [-0.4, -0.2) is 49.8 Å². The molecule has 1 aliphatic rings. The molecule has 0 aromatic heterocycles. The van der Waals surface area contributed by atoms with Gasteiger partial charge in [-0.1, -0.05) is 27.2 Å². The molecule has 1 aliphatic heterocycles. The van der Waals surface area contributed by atoms with E-state index in [1.807, 2.05) is 38.1 Å². The van der Waals surface area contributed by atoms with E-state index in [-0.39, 0.29) is 5.91 Å². The van der Waals surface area contributed by atoms with E-state index in [0.29, 0.717) is 13.0 Å². The summed E-state index contributed by atoms with van der Waals surface area (Å²) in [7, 11) is 1.58. The Labute approximate surface area is 164 Å². The van der Waals surface area contributed by atoms with Crippen LogP contribution in [0, 0.1) is 11.8 Å². The van der Waals surface area contributed by atoms with Crippen molar-refractivity contribution in [2.45, 2.75) is 52.6 Å². The number of nitrogens with one attached hydrogen (secondary N) is 1. The number of methoxy groups -OCH3 is 1. The molecule has 5 heteroatoms. The number of anilines is 1. The molecule has 0 unspecified atom stereocenters. The summed E-state index contributed by atoms with van der Waals surface area (Å²) >= 11 is 0. The average molecular weight is 377 g/mol. The van der Waals surface area contributed by atoms with Crippen molar-refractivity contribution >= 4 is 11.6 Å². The van der Waals surface area contributed by atoms with Gasteiger partial charge >= 0.3 is 0 Å². The molecule has 1 aromatic carbocycles. The zero-order chi connectivity index (χ0) is 19.9. The van der Waals surface area contributed by atoms with Crippen molar-refractivity contribution in [3.63, 3.8) is 0 Å². The molecule has 5 nitrogen and oxygen atoms in total. The Balaban J connectivity index is 1.80. The van der Waals surface area contributed by atoms with Gasteiger partial charge in [-0.15, -0.1) is 0 Å². The van der Waals surface area contributed by atoms with Crippen LogP contribution in [0.2, 0.25) is 0 Å². The highest BCUT2D eigenvalue weighted by atomic mass is 16.5. The monoisotopic (exact) mass is 376 g/mol. The lowest BCUT2D eigenvalue weighted by Gasteiger charge is -2.34. The van der Waals surface area contributed by atoms with Gasteiger partial charge < -0.3 is 14.8 Å². The fourth-order valence-corrected chi connectivity index (χ4v) is 3.95. The summed E-state index contributed by atoms with van der Waals surface area (Å²) in [6.45, 7) is 12.5. The maximum atomic E-state index is 12.5. The smallest absolute Gasteiger partial charge is 0.256 e. The third kappa shape index (κ3) is 6.51. The van der Waals surface area contributed by atoms with E-state index < -0.39 is 5.60 Å². The highest BCUT2D eigenvalue weighted by Crippen LogP contribution is 2.22. The molecule has 0 bridgehead atoms. The van der Waals surface area contributed by atoms with Gasteiger partial charge in [-0.2, -0.15) is 0 Å². The van der Waals surface area contributed by atoms with E-state index in [0.717, 1.165) is 49.3 Å². The van der Waals surface area contributed by atoms with Crippen LogP contribution < -0.4 is 10.1 Å². The number of hydrogen-bond acceptors (Lipinski definition) is 4. The third-order valence-electron chi connectivity index (χ3n) is 5.39. The second kappa shape index (κ2) is 10.1. The summed E-state index contributed by atoms with van der Waals surface area (Å²) in [5.41, 5.74) is -0.0440. The van der Waals surface area contributed by atoms with Gasteiger partial charge in [0.05, 0.1) is 0 Å². The molecule has 1 aromatic rings. The number of rotatable bonds is 9. The van der Waals surface area contributed by atoms with Crippen LogP contribution in [0.3, 0.4) is 0 Å². The number of benzene rings is 1. The fourth-order valence-electron chi connectivity index (χ4n) is 3.95. The number of amides is 1. The quantitative estimate of drug-likeness (QED) is 0.702. The van der Waals surface area contributed by atoms with E-state index in [2.05, 4.69) is 24.1 Å². The summed E-state index contributed by atoms with van der Waals surface area (Å²) in [6.07, 6.45) is 2.90. The van der Waals surface area contributed by atoms with Crippen LogP contribution in [0.4, 0.5) is 5.69 Å². The summed E-state index contributed by atoms with van der Waals surface area (Å²) < 4.78 is 11.3. The van der Waals surface area contributed by atoms with Gasteiger partial charge in [0.2, 0.25) is 0 Å². The van der Waals surface area contributed by atoms with Crippen molar-refractivity contribution in [1.82, 2.24) is 4.90 Å². The Bertz CT molecular complexity index is 580. The zero-order valence-electron chi connectivity index (χ0n) is 17.6. The number of ether oxygens (including phenoxy) is 2. The second-order valence-electron chi connectivity index (χ2n) is 8.22. The first-order valence-electron chi connectivity index (χ1n) is 10.2. The molecule has 1 fully saturated rings. The molecule has 152 valence electrons. The first-order chi connectivity index (χ1) is 12.9. The number of likely N-dealkylation sites (tertiary alicyclic amines) is 1. The largest absolute Gasteiger partial charge is 0.492 e. The topological polar surface area (TPSA) is 50.8 Å². The lowest BCUT2D eigenvalue weighted by Crippen LogP contribution is -2.41. The summed E-state index contributed by atoms with van der Waals surface area (Å²) in [6, 6.07) is 7.56. The first kappa shape index (κ1) is 21.7. The minimum atomic E-state index is -0.799. The third-order valence-corrected chi connectivity index (χ3v) is 5.39. The first-order valence-corrected chi connectivity index (χ1v) is 10.2. The van der Waals surface area contributed by atoms with Gasteiger partial charge in [0.25, 0.3) is 5.91 Å². The number of hydrogen-bond donors (Lipinski definition) is 1. The predicted octanol–water partition coefficient (Wildman–Crippen LogP) is 4.19. The molecule has 3 atom stereocenters. The Morgan fingerprint density at radius 3 is 2.41 bits per heavy atom. The molecule has 2 rings (SSSR count). The Morgan fingerprint density at radius 1 is 1.22 bits per heavy atom. The van der Waals surface area contributed by atoms with Crippen molar-refractivity contribution in [2.24, 2.45) is 11.8 Å². The van der Waals surface area contributed by atoms with Crippen LogP contribution in [0.1, 0.15) is 47.0 Å². The van der Waals surface area contributed by atoms with E-state index in [4.69, 9.17) is 9.47 Å². The highest BCUT2D eigenvalue weighted by molar-refractivity contribution is 5.97. The average Bonchev–Trinajstić information content (AvgIpc) is 2.62. The van der Waals surface area contributed by atoms with Crippen molar-refractivity contribution in [1.29, 1.82) is 0 Å². The Kier molecular flexibility index (Phi) is 8.11. The van der Waals surface area contributed by atoms with E-state index >= 15 is 0 Å². The van der Waals surface area contributed by atoms with Crippen molar-refractivity contribution < 1.29 is 14.3 Å². The maximum absolute atomic E-state index is 12.5. The van der Waals surface area contributed by atoms with Crippen LogP contribution in [-0.2, 0) is 9.53 Å². The van der Waals surface area contributed by atoms with E-state index in [1.54, 1.807) is 7.11 Å². The number of nitrogens with zero attached hydrogens (tertiary/aromatic N) is 1. The van der Waals surface area contributed by atoms with Crippen LogP contribution in [0.25, 0.3) is 0 Å². The molecule has 27 heavy (non-hydrogen) atoms. The van der Waals surface area contributed by atoms with Gasteiger partial charge in [0.15, 0.2) is 0 Å². The molecule has 1 heterocycles. The lowest BCUT2D eigenvalue weighted by atomic mass is 9.92. The molecule has 0 aliphatic carbocycles. The SMILES string of the molecule is CCC[C@@](C)(OC)C(=O)Nc1ccc(OCCN2C[C@H](C)C[C@H](C)C2)cc1. The van der Waals surface area contributed by atoms with Gasteiger partial charge in [-0.3, -0.25) is 9.69 Å². The predicted molar refractivity (Wildman–Crippen MR) is 110 cm³/mol. The standard InChI is InChI=1S/C22H36N2O3/c1-6-11-22(4,26-5)21(25)23-19-7-9-20(10-8-19)27-13-12-24-15-17(2)14-18(3)16-24/h7-10,17-18H,6,11-16H2,1-5H3,(H,23,25)/t17-,18+,22-/m1/s1. The Hall–Kier alpha value is -1.59. The van der Waals surface area contributed by atoms with Crippen LogP contribution >= 0.6 is 0 Å². The molecule has 0 spiro atoms. The molecular formula is C22H36N2O3. The minimum Gasteiger partial charge on any atom is -0.492 e. The lowest BCUT2D eigenvalue weighted by molar-refractivity contribution is -0.136. The maximum Gasteiger partial charge on any atom is 0.256 e. The molecule has 0 radical (unpaired) electrons. The van der Waals surface area contributed by atoms with E-state index in [9.17, 15) is 4.79 Å². The van der Waals surface area contributed by atoms with Crippen LogP contribution in [0.5, 0.6) is 5.75 Å². The summed E-state index contributed by atoms with van der Waals surface area (Å²) in [4.78, 5) is 15.0. The van der Waals surface area contributed by atoms with Crippen molar-refractivity contribution in [3.8, 4) is 5.75 Å². The molecule has 0 saturated carbocycles. The van der Waals surface area contributed by atoms with Crippen molar-refractivity contribution in [2.75, 3.05) is 38.7 Å². The van der Waals surface area contributed by atoms with Crippen molar-refractivity contribution in [3.05, 3.63) is 24.3 Å². The number of carbonyl (C=O) groups is 1. The van der Waals surface area contributed by atoms with Gasteiger partial charge in [0, 0.05) is 32.4 Å². The van der Waals surface area contributed by atoms with E-state index in [1.165, 1.54) is 6.42 Å².